The lowest BCUT2D eigenvalue weighted by Gasteiger charge is -2.33. The molecule has 108 valence electrons. The third-order valence-corrected chi connectivity index (χ3v) is 5.07. The van der Waals surface area contributed by atoms with Crippen molar-refractivity contribution in [3.63, 3.8) is 0 Å². The fraction of sp³-hybridized carbons (Fsp3) is 0.846. The molecule has 2 N–H and O–H groups in total. The second-order valence-corrected chi connectivity index (χ2v) is 6.54. The van der Waals surface area contributed by atoms with E-state index in [1.54, 1.807) is 0 Å². The molecule has 0 radical (unpaired) electrons. The fourth-order valence-electron chi connectivity index (χ4n) is 2.71. The number of rotatable bonds is 3. The molecular formula is C13H22N2O3S. The average Bonchev–Trinajstić information content (AvgIpc) is 2.40. The summed E-state index contributed by atoms with van der Waals surface area (Å²) in [6.45, 7) is 1.37. The Balaban J connectivity index is 1.71. The Morgan fingerprint density at radius 1 is 1.26 bits per heavy atom. The Kier molecular flexibility index (Phi) is 5.36. The van der Waals surface area contributed by atoms with E-state index in [0.717, 1.165) is 25.0 Å². The van der Waals surface area contributed by atoms with Gasteiger partial charge in [0, 0.05) is 31.3 Å². The van der Waals surface area contributed by atoms with Gasteiger partial charge in [-0.15, -0.1) is 0 Å². The maximum Gasteiger partial charge on any atom is 0.317 e. The second kappa shape index (κ2) is 7.03. The normalized spacial score (nSPS) is 25.1. The van der Waals surface area contributed by atoms with Gasteiger partial charge in [-0.1, -0.05) is 0 Å². The van der Waals surface area contributed by atoms with Crippen LogP contribution in [0.1, 0.15) is 32.1 Å². The van der Waals surface area contributed by atoms with Gasteiger partial charge in [-0.3, -0.25) is 4.79 Å². The molecule has 0 aromatic heterocycles. The molecule has 0 saturated carbocycles. The number of carboxylic acid groups (broad SMARTS) is 1. The largest absolute Gasteiger partial charge is 0.481 e. The van der Waals surface area contributed by atoms with Gasteiger partial charge in [0.1, 0.15) is 0 Å². The Morgan fingerprint density at radius 3 is 2.58 bits per heavy atom. The molecule has 6 heteroatoms. The summed E-state index contributed by atoms with van der Waals surface area (Å²) in [6, 6.07) is 0.337. The predicted molar refractivity (Wildman–Crippen MR) is 75.4 cm³/mol. The van der Waals surface area contributed by atoms with Crippen molar-refractivity contribution in [3.8, 4) is 0 Å². The maximum atomic E-state index is 12.1. The third kappa shape index (κ3) is 4.60. The molecule has 2 aliphatic heterocycles. The zero-order chi connectivity index (χ0) is 13.7. The number of amides is 2. The number of hydrogen-bond donors (Lipinski definition) is 2. The molecule has 2 rings (SSSR count). The Labute approximate surface area is 118 Å². The van der Waals surface area contributed by atoms with Gasteiger partial charge in [-0.05, 0) is 37.4 Å². The van der Waals surface area contributed by atoms with Crippen LogP contribution in [0.15, 0.2) is 0 Å². The van der Waals surface area contributed by atoms with E-state index in [1.807, 2.05) is 16.7 Å². The Morgan fingerprint density at radius 2 is 2.00 bits per heavy atom. The van der Waals surface area contributed by atoms with Crippen LogP contribution < -0.4 is 5.32 Å². The highest BCUT2D eigenvalue weighted by Gasteiger charge is 2.25. The average molecular weight is 286 g/mol. The Hall–Kier alpha value is -0.910. The molecular weight excluding hydrogens is 264 g/mol. The molecule has 1 atom stereocenters. The lowest BCUT2D eigenvalue weighted by Crippen LogP contribution is -2.49. The van der Waals surface area contributed by atoms with E-state index in [9.17, 15) is 9.59 Å². The molecule has 5 nitrogen and oxygen atoms in total. The van der Waals surface area contributed by atoms with E-state index in [-0.39, 0.29) is 18.4 Å². The molecule has 0 aromatic carbocycles. The number of carboxylic acids is 1. The molecule has 19 heavy (non-hydrogen) atoms. The van der Waals surface area contributed by atoms with Gasteiger partial charge in [0.05, 0.1) is 0 Å². The first-order chi connectivity index (χ1) is 9.15. The summed E-state index contributed by atoms with van der Waals surface area (Å²) >= 11 is 1.90. The van der Waals surface area contributed by atoms with Crippen LogP contribution in [0.2, 0.25) is 0 Å². The molecule has 2 amide bonds. The van der Waals surface area contributed by atoms with Crippen LogP contribution in [0.3, 0.4) is 0 Å². The van der Waals surface area contributed by atoms with Crippen LogP contribution in [0.25, 0.3) is 0 Å². The number of thioether (sulfide) groups is 1. The molecule has 2 aliphatic rings. The molecule has 1 unspecified atom stereocenters. The number of carbonyl (C=O) groups excluding carboxylic acids is 1. The maximum absolute atomic E-state index is 12.1. The molecule has 0 aromatic rings. The minimum atomic E-state index is -0.734. The molecule has 0 bridgehead atoms. The monoisotopic (exact) mass is 286 g/mol. The lowest BCUT2D eigenvalue weighted by atomic mass is 9.94. The smallest absolute Gasteiger partial charge is 0.317 e. The Bertz CT molecular complexity index is 324. The van der Waals surface area contributed by atoms with Crippen molar-refractivity contribution in [1.29, 1.82) is 0 Å². The SMILES string of the molecule is O=C(O)CC1CCN(C(=O)NC2CCCSC2)CC1. The first kappa shape index (κ1) is 14.5. The van der Waals surface area contributed by atoms with Crippen LogP contribution in [0.4, 0.5) is 4.79 Å². The van der Waals surface area contributed by atoms with E-state index in [0.29, 0.717) is 19.1 Å². The van der Waals surface area contributed by atoms with Crippen molar-refractivity contribution >= 4 is 23.8 Å². The molecule has 2 heterocycles. The number of piperidine rings is 1. The highest BCUT2D eigenvalue weighted by atomic mass is 32.2. The molecule has 2 fully saturated rings. The van der Waals surface area contributed by atoms with Gasteiger partial charge in [-0.25, -0.2) is 4.79 Å². The molecule has 0 aliphatic carbocycles. The fourth-order valence-corrected chi connectivity index (χ4v) is 3.78. The summed E-state index contributed by atoms with van der Waals surface area (Å²) in [6.07, 6.45) is 4.09. The topological polar surface area (TPSA) is 69.6 Å². The van der Waals surface area contributed by atoms with Crippen LogP contribution in [0, 0.1) is 5.92 Å². The van der Waals surface area contributed by atoms with Crippen molar-refractivity contribution in [2.75, 3.05) is 24.6 Å². The van der Waals surface area contributed by atoms with Crippen molar-refractivity contribution in [2.24, 2.45) is 5.92 Å². The van der Waals surface area contributed by atoms with E-state index in [4.69, 9.17) is 5.11 Å². The number of likely N-dealkylation sites (tertiary alicyclic amines) is 1. The van der Waals surface area contributed by atoms with Crippen molar-refractivity contribution < 1.29 is 14.7 Å². The van der Waals surface area contributed by atoms with E-state index < -0.39 is 5.97 Å². The second-order valence-electron chi connectivity index (χ2n) is 5.39. The summed E-state index contributed by atoms with van der Waals surface area (Å²) in [4.78, 5) is 24.6. The third-order valence-electron chi connectivity index (χ3n) is 3.85. The minimum absolute atomic E-state index is 0.0290. The van der Waals surface area contributed by atoms with Gasteiger partial charge in [0.25, 0.3) is 0 Å². The first-order valence-electron chi connectivity index (χ1n) is 7.00. The highest BCUT2D eigenvalue weighted by molar-refractivity contribution is 7.99. The van der Waals surface area contributed by atoms with E-state index >= 15 is 0 Å². The van der Waals surface area contributed by atoms with Crippen molar-refractivity contribution in [2.45, 2.75) is 38.1 Å². The standard InChI is InChI=1S/C13H22N2O3S/c16-12(17)8-10-3-5-15(6-4-10)13(18)14-11-2-1-7-19-9-11/h10-11H,1-9H2,(H,14,18)(H,16,17). The summed E-state index contributed by atoms with van der Waals surface area (Å²) in [7, 11) is 0. The lowest BCUT2D eigenvalue weighted by molar-refractivity contribution is -0.138. The zero-order valence-electron chi connectivity index (χ0n) is 11.1. The van der Waals surface area contributed by atoms with Crippen LogP contribution in [-0.4, -0.2) is 52.6 Å². The van der Waals surface area contributed by atoms with Gasteiger partial charge < -0.3 is 15.3 Å². The zero-order valence-corrected chi connectivity index (χ0v) is 12.0. The van der Waals surface area contributed by atoms with Crippen LogP contribution in [0.5, 0.6) is 0 Å². The summed E-state index contributed by atoms with van der Waals surface area (Å²) in [5.74, 6) is 1.71. The predicted octanol–water partition coefficient (Wildman–Crippen LogP) is 1.78. The van der Waals surface area contributed by atoms with Crippen LogP contribution in [-0.2, 0) is 4.79 Å². The van der Waals surface area contributed by atoms with E-state index in [1.165, 1.54) is 12.2 Å². The van der Waals surface area contributed by atoms with Gasteiger partial charge in [-0.2, -0.15) is 11.8 Å². The van der Waals surface area contributed by atoms with Crippen molar-refractivity contribution in [1.82, 2.24) is 10.2 Å². The molecule has 2 saturated heterocycles. The quantitative estimate of drug-likeness (QED) is 0.829. The highest BCUT2D eigenvalue weighted by Crippen LogP contribution is 2.21. The summed E-state index contributed by atoms with van der Waals surface area (Å²) in [5.41, 5.74) is 0. The van der Waals surface area contributed by atoms with Gasteiger partial charge in [0.15, 0.2) is 0 Å². The number of carbonyl (C=O) groups is 2. The first-order valence-corrected chi connectivity index (χ1v) is 8.15. The number of hydrogen-bond acceptors (Lipinski definition) is 3. The van der Waals surface area contributed by atoms with Crippen LogP contribution >= 0.6 is 11.8 Å². The van der Waals surface area contributed by atoms with Gasteiger partial charge in [0.2, 0.25) is 0 Å². The number of nitrogens with zero attached hydrogens (tertiary/aromatic N) is 1. The van der Waals surface area contributed by atoms with E-state index in [2.05, 4.69) is 5.32 Å². The number of nitrogens with one attached hydrogen (secondary N) is 1. The summed E-state index contributed by atoms with van der Waals surface area (Å²) in [5, 5.41) is 11.9. The minimum Gasteiger partial charge on any atom is -0.481 e. The van der Waals surface area contributed by atoms with Gasteiger partial charge >= 0.3 is 12.0 Å². The summed E-state index contributed by atoms with van der Waals surface area (Å²) < 4.78 is 0. The van der Waals surface area contributed by atoms with Crippen molar-refractivity contribution in [3.05, 3.63) is 0 Å². The number of aliphatic carboxylic acids is 1. The number of urea groups is 1. The molecule has 0 spiro atoms.